The molecule has 0 aliphatic heterocycles. The van der Waals surface area contributed by atoms with Gasteiger partial charge >= 0.3 is 0 Å². The summed E-state index contributed by atoms with van der Waals surface area (Å²) in [6.07, 6.45) is 0. The molecular formula is C21H22N2. The molecule has 0 spiro atoms. The molecule has 23 heavy (non-hydrogen) atoms. The van der Waals surface area contributed by atoms with Crippen molar-refractivity contribution in [3.63, 3.8) is 0 Å². The van der Waals surface area contributed by atoms with Gasteiger partial charge in [-0.2, -0.15) is 0 Å². The first kappa shape index (κ1) is 15.2. The minimum absolute atomic E-state index is 0.933. The van der Waals surface area contributed by atoms with E-state index in [1.54, 1.807) is 0 Å². The summed E-state index contributed by atoms with van der Waals surface area (Å²) in [6.45, 7) is 3.11. The molecule has 0 heterocycles. The number of rotatable bonds is 5. The maximum absolute atomic E-state index is 2.32. The Morgan fingerprint density at radius 3 is 1.74 bits per heavy atom. The third-order valence-corrected chi connectivity index (χ3v) is 4.06. The van der Waals surface area contributed by atoms with Crippen LogP contribution in [0.4, 0.5) is 22.7 Å². The lowest BCUT2D eigenvalue weighted by atomic mass is 10.2. The van der Waals surface area contributed by atoms with Crippen LogP contribution in [0, 0.1) is 0 Å². The van der Waals surface area contributed by atoms with Crippen molar-refractivity contribution in [2.45, 2.75) is 6.92 Å². The molecule has 2 nitrogen and oxygen atoms in total. The third-order valence-electron chi connectivity index (χ3n) is 4.06. The molecule has 0 N–H and O–H groups in total. The summed E-state index contributed by atoms with van der Waals surface area (Å²) in [7, 11) is 2.10. The quantitative estimate of drug-likeness (QED) is 0.604. The number of hydrogen-bond acceptors (Lipinski definition) is 2. The maximum atomic E-state index is 2.32. The van der Waals surface area contributed by atoms with Gasteiger partial charge in [0.2, 0.25) is 0 Å². The molecule has 0 aromatic heterocycles. The SMILES string of the molecule is CCN(c1ccccc1)c1cccc(N(C)c2ccccc2)c1. The normalized spacial score (nSPS) is 10.3. The minimum Gasteiger partial charge on any atom is -0.345 e. The highest BCUT2D eigenvalue weighted by Gasteiger charge is 2.09. The first-order valence-corrected chi connectivity index (χ1v) is 8.01. The molecule has 0 radical (unpaired) electrons. The van der Waals surface area contributed by atoms with Crippen molar-refractivity contribution in [3.8, 4) is 0 Å². The number of nitrogens with zero attached hydrogens (tertiary/aromatic N) is 2. The fourth-order valence-electron chi connectivity index (χ4n) is 2.79. The summed E-state index contributed by atoms with van der Waals surface area (Å²) < 4.78 is 0. The summed E-state index contributed by atoms with van der Waals surface area (Å²) in [6, 6.07) is 29.6. The van der Waals surface area contributed by atoms with Gasteiger partial charge in [0.1, 0.15) is 0 Å². The van der Waals surface area contributed by atoms with Crippen LogP contribution in [0.2, 0.25) is 0 Å². The van der Waals surface area contributed by atoms with Crippen molar-refractivity contribution in [1.29, 1.82) is 0 Å². The second kappa shape index (κ2) is 7.01. The first-order chi connectivity index (χ1) is 11.3. The molecule has 0 bridgehead atoms. The Kier molecular flexibility index (Phi) is 4.62. The molecule has 3 aromatic rings. The molecular weight excluding hydrogens is 280 g/mol. The van der Waals surface area contributed by atoms with Crippen molar-refractivity contribution >= 4 is 22.7 Å². The van der Waals surface area contributed by atoms with Crippen LogP contribution in [0.15, 0.2) is 84.9 Å². The maximum Gasteiger partial charge on any atom is 0.0431 e. The minimum atomic E-state index is 0.933. The molecule has 2 heteroatoms. The number of benzene rings is 3. The van der Waals surface area contributed by atoms with E-state index >= 15 is 0 Å². The zero-order chi connectivity index (χ0) is 16.1. The summed E-state index contributed by atoms with van der Waals surface area (Å²) >= 11 is 0. The van der Waals surface area contributed by atoms with Crippen LogP contribution in [0.25, 0.3) is 0 Å². The highest BCUT2D eigenvalue weighted by molar-refractivity contribution is 5.71. The van der Waals surface area contributed by atoms with Crippen LogP contribution >= 0.6 is 0 Å². The average Bonchev–Trinajstić information content (AvgIpc) is 2.64. The van der Waals surface area contributed by atoms with Crippen LogP contribution < -0.4 is 9.80 Å². The Labute approximate surface area is 138 Å². The molecule has 0 amide bonds. The Hall–Kier alpha value is -2.74. The van der Waals surface area contributed by atoms with E-state index in [2.05, 4.69) is 103 Å². The fraction of sp³-hybridized carbons (Fsp3) is 0.143. The second-order valence-electron chi connectivity index (χ2n) is 5.49. The van der Waals surface area contributed by atoms with Crippen LogP contribution in [0.5, 0.6) is 0 Å². The summed E-state index contributed by atoms with van der Waals surface area (Å²) in [4.78, 5) is 4.53. The molecule has 0 atom stereocenters. The number of para-hydroxylation sites is 2. The molecule has 116 valence electrons. The van der Waals surface area contributed by atoms with Crippen LogP contribution in [-0.4, -0.2) is 13.6 Å². The monoisotopic (exact) mass is 302 g/mol. The van der Waals surface area contributed by atoms with E-state index in [0.717, 1.165) is 6.54 Å². The Balaban J connectivity index is 1.93. The molecule has 0 unspecified atom stereocenters. The molecule has 3 rings (SSSR count). The van der Waals surface area contributed by atoms with Gasteiger partial charge in [-0.3, -0.25) is 0 Å². The van der Waals surface area contributed by atoms with E-state index in [-0.39, 0.29) is 0 Å². The average molecular weight is 302 g/mol. The summed E-state index contributed by atoms with van der Waals surface area (Å²) in [5.74, 6) is 0. The van der Waals surface area contributed by atoms with E-state index in [4.69, 9.17) is 0 Å². The number of anilines is 4. The van der Waals surface area contributed by atoms with E-state index in [1.165, 1.54) is 22.7 Å². The lowest BCUT2D eigenvalue weighted by Gasteiger charge is -2.26. The highest BCUT2D eigenvalue weighted by atomic mass is 15.1. The van der Waals surface area contributed by atoms with E-state index < -0.39 is 0 Å². The van der Waals surface area contributed by atoms with Gasteiger partial charge in [0, 0.05) is 36.3 Å². The molecule has 0 fully saturated rings. The second-order valence-corrected chi connectivity index (χ2v) is 5.49. The van der Waals surface area contributed by atoms with Crippen LogP contribution in [0.1, 0.15) is 6.92 Å². The van der Waals surface area contributed by atoms with Gasteiger partial charge in [-0.05, 0) is 49.4 Å². The van der Waals surface area contributed by atoms with Crippen molar-refractivity contribution in [2.24, 2.45) is 0 Å². The molecule has 3 aromatic carbocycles. The Morgan fingerprint density at radius 2 is 1.13 bits per heavy atom. The largest absolute Gasteiger partial charge is 0.345 e. The lowest BCUT2D eigenvalue weighted by Crippen LogP contribution is -2.16. The predicted molar refractivity (Wildman–Crippen MR) is 100 cm³/mol. The van der Waals surface area contributed by atoms with E-state index in [9.17, 15) is 0 Å². The molecule has 0 saturated heterocycles. The van der Waals surface area contributed by atoms with Crippen molar-refractivity contribution < 1.29 is 0 Å². The van der Waals surface area contributed by atoms with E-state index in [0.29, 0.717) is 0 Å². The Morgan fingerprint density at radius 1 is 0.609 bits per heavy atom. The molecule has 0 aliphatic carbocycles. The van der Waals surface area contributed by atoms with Crippen molar-refractivity contribution in [2.75, 3.05) is 23.4 Å². The van der Waals surface area contributed by atoms with Gasteiger partial charge in [0.25, 0.3) is 0 Å². The van der Waals surface area contributed by atoms with E-state index in [1.807, 2.05) is 6.07 Å². The smallest absolute Gasteiger partial charge is 0.0431 e. The summed E-state index contributed by atoms with van der Waals surface area (Å²) in [5.41, 5.74) is 4.80. The van der Waals surface area contributed by atoms with Crippen molar-refractivity contribution in [3.05, 3.63) is 84.9 Å². The van der Waals surface area contributed by atoms with Gasteiger partial charge in [-0.1, -0.05) is 42.5 Å². The number of hydrogen-bond donors (Lipinski definition) is 0. The van der Waals surface area contributed by atoms with Gasteiger partial charge in [0.05, 0.1) is 0 Å². The third kappa shape index (κ3) is 3.37. The van der Waals surface area contributed by atoms with Gasteiger partial charge < -0.3 is 9.80 Å². The topological polar surface area (TPSA) is 6.48 Å². The highest BCUT2D eigenvalue weighted by Crippen LogP contribution is 2.30. The van der Waals surface area contributed by atoms with Gasteiger partial charge in [0.15, 0.2) is 0 Å². The molecule has 0 saturated carbocycles. The first-order valence-electron chi connectivity index (χ1n) is 8.01. The predicted octanol–water partition coefficient (Wildman–Crippen LogP) is 5.61. The lowest BCUT2D eigenvalue weighted by molar-refractivity contribution is 1.02. The Bertz CT molecular complexity index is 738. The van der Waals surface area contributed by atoms with Crippen LogP contribution in [-0.2, 0) is 0 Å². The standard InChI is InChI=1S/C21H22N2/c1-3-23(19-13-8-5-9-14-19)21-16-10-15-20(17-21)22(2)18-11-6-4-7-12-18/h4-17H,3H2,1-2H3. The zero-order valence-corrected chi connectivity index (χ0v) is 13.7. The van der Waals surface area contributed by atoms with Gasteiger partial charge in [-0.15, -0.1) is 0 Å². The molecule has 0 aliphatic rings. The van der Waals surface area contributed by atoms with Crippen LogP contribution in [0.3, 0.4) is 0 Å². The zero-order valence-electron chi connectivity index (χ0n) is 13.7. The fourth-order valence-corrected chi connectivity index (χ4v) is 2.79. The summed E-state index contributed by atoms with van der Waals surface area (Å²) in [5, 5.41) is 0. The van der Waals surface area contributed by atoms with Gasteiger partial charge in [-0.25, -0.2) is 0 Å². The van der Waals surface area contributed by atoms with Crippen molar-refractivity contribution in [1.82, 2.24) is 0 Å².